The molecule has 4 aromatic rings. The highest BCUT2D eigenvalue weighted by Gasteiger charge is 2.14. The van der Waals surface area contributed by atoms with E-state index in [1.807, 2.05) is 72.1 Å². The molecule has 22 heavy (non-hydrogen) atoms. The van der Waals surface area contributed by atoms with Crippen LogP contribution in [-0.4, -0.2) is 10.2 Å². The zero-order valence-electron chi connectivity index (χ0n) is 12.3. The van der Waals surface area contributed by atoms with Crippen LogP contribution in [0.15, 0.2) is 72.9 Å². The van der Waals surface area contributed by atoms with Crippen LogP contribution in [0.3, 0.4) is 0 Å². The minimum Gasteiger partial charge on any atom is -0.313 e. The van der Waals surface area contributed by atoms with E-state index in [0.29, 0.717) is 5.69 Å². The highest BCUT2D eigenvalue weighted by atomic mass is 16.1. The Kier molecular flexibility index (Phi) is 2.83. The molecule has 0 saturated carbocycles. The summed E-state index contributed by atoms with van der Waals surface area (Å²) < 4.78 is 1.98. The molecule has 0 bridgehead atoms. The van der Waals surface area contributed by atoms with E-state index in [1.165, 1.54) is 5.39 Å². The summed E-state index contributed by atoms with van der Waals surface area (Å²) in [5.41, 5.74) is 3.64. The Bertz CT molecular complexity index is 993. The number of pyridine rings is 1. The molecule has 2 nitrogen and oxygen atoms in total. The van der Waals surface area contributed by atoms with Gasteiger partial charge in [-0.3, -0.25) is 4.79 Å². The first-order chi connectivity index (χ1) is 10.7. The van der Waals surface area contributed by atoms with Crippen LogP contribution in [-0.2, 0) is 0 Å². The summed E-state index contributed by atoms with van der Waals surface area (Å²) in [5.74, 6) is 0.0512. The van der Waals surface area contributed by atoms with Crippen molar-refractivity contribution in [3.8, 4) is 0 Å². The van der Waals surface area contributed by atoms with Gasteiger partial charge >= 0.3 is 0 Å². The molecule has 0 aliphatic heterocycles. The number of hydrogen-bond donors (Lipinski definition) is 0. The lowest BCUT2D eigenvalue weighted by Gasteiger charge is -2.05. The molecule has 106 valence electrons. The predicted molar refractivity (Wildman–Crippen MR) is 89.5 cm³/mol. The van der Waals surface area contributed by atoms with Crippen molar-refractivity contribution in [3.63, 3.8) is 0 Å². The number of benzene rings is 2. The van der Waals surface area contributed by atoms with Gasteiger partial charge in [-0.05, 0) is 30.5 Å². The molecule has 0 spiro atoms. The summed E-state index contributed by atoms with van der Waals surface area (Å²) in [5, 5.41) is 2.34. The number of rotatable bonds is 2. The second-order valence-electron chi connectivity index (χ2n) is 5.57. The van der Waals surface area contributed by atoms with Gasteiger partial charge < -0.3 is 4.40 Å². The van der Waals surface area contributed by atoms with Crippen LogP contribution < -0.4 is 0 Å². The molecule has 2 heteroatoms. The molecular weight excluding hydrogens is 270 g/mol. The van der Waals surface area contributed by atoms with Gasteiger partial charge in [-0.15, -0.1) is 0 Å². The van der Waals surface area contributed by atoms with Crippen LogP contribution in [0.2, 0.25) is 0 Å². The summed E-state index contributed by atoms with van der Waals surface area (Å²) in [6.45, 7) is 2.02. The number of aryl methyl sites for hydroxylation is 1. The molecule has 0 aliphatic rings. The maximum atomic E-state index is 12.7. The fourth-order valence-corrected chi connectivity index (χ4v) is 2.90. The maximum absolute atomic E-state index is 12.7. The van der Waals surface area contributed by atoms with E-state index in [4.69, 9.17) is 0 Å². The lowest BCUT2D eigenvalue weighted by Crippen LogP contribution is -2.05. The van der Waals surface area contributed by atoms with Crippen molar-refractivity contribution >= 4 is 22.1 Å². The first-order valence-corrected chi connectivity index (χ1v) is 7.34. The third-order valence-electron chi connectivity index (χ3n) is 4.10. The molecule has 0 amide bonds. The van der Waals surface area contributed by atoms with Crippen molar-refractivity contribution in [1.29, 1.82) is 0 Å². The highest BCUT2D eigenvalue weighted by Crippen LogP contribution is 2.23. The van der Waals surface area contributed by atoms with E-state index in [9.17, 15) is 4.79 Å². The van der Waals surface area contributed by atoms with E-state index < -0.39 is 0 Å². The van der Waals surface area contributed by atoms with Crippen LogP contribution in [0, 0.1) is 6.92 Å². The van der Waals surface area contributed by atoms with Crippen LogP contribution in [0.4, 0.5) is 0 Å². The number of ketones is 1. The van der Waals surface area contributed by atoms with E-state index >= 15 is 0 Å². The topological polar surface area (TPSA) is 21.5 Å². The van der Waals surface area contributed by atoms with Crippen LogP contribution in [0.1, 0.15) is 21.6 Å². The van der Waals surface area contributed by atoms with Gasteiger partial charge in [0.15, 0.2) is 0 Å². The minimum absolute atomic E-state index is 0.0512. The maximum Gasteiger partial charge on any atom is 0.209 e. The quantitative estimate of drug-likeness (QED) is 0.492. The van der Waals surface area contributed by atoms with Gasteiger partial charge in [0.1, 0.15) is 0 Å². The van der Waals surface area contributed by atoms with Gasteiger partial charge in [0, 0.05) is 17.1 Å². The molecule has 0 atom stereocenters. The fraction of sp³-hybridized carbons (Fsp3) is 0.0500. The van der Waals surface area contributed by atoms with Crippen molar-refractivity contribution < 1.29 is 4.79 Å². The van der Waals surface area contributed by atoms with Crippen molar-refractivity contribution in [1.82, 2.24) is 4.40 Å². The first kappa shape index (κ1) is 12.8. The second-order valence-corrected chi connectivity index (χ2v) is 5.57. The van der Waals surface area contributed by atoms with Gasteiger partial charge in [-0.2, -0.15) is 0 Å². The Morgan fingerprint density at radius 3 is 2.45 bits per heavy atom. The van der Waals surface area contributed by atoms with E-state index in [0.717, 1.165) is 22.0 Å². The number of nitrogens with zero attached hydrogens (tertiary/aromatic N) is 1. The number of aromatic nitrogens is 1. The minimum atomic E-state index is 0.0512. The van der Waals surface area contributed by atoms with Crippen molar-refractivity contribution in [2.75, 3.05) is 0 Å². The van der Waals surface area contributed by atoms with Crippen molar-refractivity contribution in [2.45, 2.75) is 6.92 Å². The van der Waals surface area contributed by atoms with Gasteiger partial charge in [0.2, 0.25) is 5.78 Å². The Morgan fingerprint density at radius 1 is 0.864 bits per heavy atom. The summed E-state index contributed by atoms with van der Waals surface area (Å²) in [6, 6.07) is 21.9. The van der Waals surface area contributed by atoms with Gasteiger partial charge in [0.25, 0.3) is 0 Å². The van der Waals surface area contributed by atoms with Gasteiger partial charge in [0.05, 0.1) is 11.2 Å². The lowest BCUT2D eigenvalue weighted by atomic mass is 10.1. The molecule has 2 aromatic carbocycles. The normalized spacial score (nSPS) is 11.1. The van der Waals surface area contributed by atoms with Crippen LogP contribution in [0.25, 0.3) is 16.3 Å². The largest absolute Gasteiger partial charge is 0.313 e. The first-order valence-electron chi connectivity index (χ1n) is 7.34. The SMILES string of the molecule is Cc1ccc(C(=O)c2ccc3c4ccccc4ccn23)cc1. The van der Waals surface area contributed by atoms with Crippen molar-refractivity contribution in [3.05, 3.63) is 89.7 Å². The monoisotopic (exact) mass is 285 g/mol. The smallest absolute Gasteiger partial charge is 0.209 e. The van der Waals surface area contributed by atoms with Gasteiger partial charge in [-0.1, -0.05) is 54.1 Å². The molecule has 0 saturated heterocycles. The molecule has 4 rings (SSSR count). The number of fused-ring (bicyclic) bond motifs is 3. The Labute approximate surface area is 128 Å². The zero-order valence-corrected chi connectivity index (χ0v) is 12.3. The average Bonchev–Trinajstić information content (AvgIpc) is 2.99. The molecule has 0 fully saturated rings. The number of hydrogen-bond acceptors (Lipinski definition) is 1. The molecule has 0 radical (unpaired) electrons. The summed E-state index contributed by atoms with van der Waals surface area (Å²) >= 11 is 0. The molecule has 2 aromatic heterocycles. The second kappa shape index (κ2) is 4.85. The third-order valence-corrected chi connectivity index (χ3v) is 4.10. The van der Waals surface area contributed by atoms with E-state index in [-0.39, 0.29) is 5.78 Å². The molecule has 2 heterocycles. The van der Waals surface area contributed by atoms with Crippen LogP contribution >= 0.6 is 0 Å². The molecule has 0 N–H and O–H groups in total. The Morgan fingerprint density at radius 2 is 1.64 bits per heavy atom. The average molecular weight is 285 g/mol. The number of carbonyl (C=O) groups excluding carboxylic acids is 1. The lowest BCUT2D eigenvalue weighted by molar-refractivity contribution is 0.103. The zero-order chi connectivity index (χ0) is 15.1. The van der Waals surface area contributed by atoms with Crippen LogP contribution in [0.5, 0.6) is 0 Å². The number of carbonyl (C=O) groups is 1. The molecule has 0 unspecified atom stereocenters. The van der Waals surface area contributed by atoms with Crippen molar-refractivity contribution in [2.24, 2.45) is 0 Å². The summed E-state index contributed by atoms with van der Waals surface area (Å²) in [4.78, 5) is 12.7. The standard InChI is InChI=1S/C20H15NO/c1-14-6-8-16(9-7-14)20(22)19-11-10-18-17-5-3-2-4-15(17)12-13-21(18)19/h2-13H,1H3. The molecule has 0 aliphatic carbocycles. The molecular formula is C20H15NO. The Balaban J connectivity index is 1.90. The summed E-state index contributed by atoms with van der Waals surface area (Å²) in [6.07, 6.45) is 1.97. The van der Waals surface area contributed by atoms with E-state index in [2.05, 4.69) is 12.1 Å². The third kappa shape index (κ3) is 1.92. The summed E-state index contributed by atoms with van der Waals surface area (Å²) in [7, 11) is 0. The van der Waals surface area contributed by atoms with E-state index in [1.54, 1.807) is 0 Å². The highest BCUT2D eigenvalue weighted by molar-refractivity contribution is 6.10. The van der Waals surface area contributed by atoms with Gasteiger partial charge in [-0.25, -0.2) is 0 Å². The predicted octanol–water partition coefficient (Wildman–Crippen LogP) is 4.63. The fourth-order valence-electron chi connectivity index (χ4n) is 2.90. The Hall–Kier alpha value is -2.87.